The van der Waals surface area contributed by atoms with Gasteiger partial charge in [-0.2, -0.15) is 0 Å². The van der Waals surface area contributed by atoms with Crippen molar-refractivity contribution in [2.75, 3.05) is 21.7 Å². The van der Waals surface area contributed by atoms with Crippen molar-refractivity contribution in [3.8, 4) is 0 Å². The summed E-state index contributed by atoms with van der Waals surface area (Å²) < 4.78 is 0. The number of anilines is 4. The first kappa shape index (κ1) is 20.7. The maximum Gasteiger partial charge on any atom is 0.255 e. The Kier molecular flexibility index (Phi) is 5.89. The van der Waals surface area contributed by atoms with E-state index >= 15 is 0 Å². The van der Waals surface area contributed by atoms with Crippen molar-refractivity contribution in [1.82, 2.24) is 15.0 Å². The molecule has 0 saturated carbocycles. The van der Waals surface area contributed by atoms with E-state index in [4.69, 9.17) is 5.73 Å². The summed E-state index contributed by atoms with van der Waals surface area (Å²) in [5.74, 6) is 0.611. The van der Waals surface area contributed by atoms with Gasteiger partial charge in [0.05, 0.1) is 5.52 Å². The number of fused-ring (bicyclic) bond motifs is 1. The van der Waals surface area contributed by atoms with Crippen LogP contribution in [0, 0.1) is 0 Å². The zero-order valence-corrected chi connectivity index (χ0v) is 17.3. The first-order valence-corrected chi connectivity index (χ1v) is 9.86. The van der Waals surface area contributed by atoms with Crippen molar-refractivity contribution in [3.63, 3.8) is 0 Å². The number of rotatable bonds is 6. The van der Waals surface area contributed by atoms with E-state index < -0.39 is 0 Å². The third-order valence-corrected chi connectivity index (χ3v) is 4.67. The number of benzene rings is 2. The molecule has 0 bridgehead atoms. The summed E-state index contributed by atoms with van der Waals surface area (Å²) in [5, 5.41) is 9.65. The molecule has 0 saturated heterocycles. The molecule has 5 N–H and O–H groups in total. The van der Waals surface area contributed by atoms with Crippen LogP contribution in [0.3, 0.4) is 0 Å². The van der Waals surface area contributed by atoms with Crippen molar-refractivity contribution in [2.24, 2.45) is 0 Å². The van der Waals surface area contributed by atoms with Crippen molar-refractivity contribution in [3.05, 3.63) is 78.2 Å². The predicted octanol–water partition coefficient (Wildman–Crippen LogP) is 3.43. The summed E-state index contributed by atoms with van der Waals surface area (Å²) in [5.41, 5.74) is 9.16. The molecule has 9 nitrogen and oxygen atoms in total. The molecule has 160 valence electrons. The minimum Gasteiger partial charge on any atom is -0.384 e. The Morgan fingerprint density at radius 2 is 1.69 bits per heavy atom. The maximum atomic E-state index is 12.4. The van der Waals surface area contributed by atoms with Gasteiger partial charge >= 0.3 is 0 Å². The molecule has 0 radical (unpaired) electrons. The SMILES string of the molecule is CC(=O)Nc1ccc2ncnc(NCc3ccc(C(=O)Nc4ccnc(N)c4)cc3)c2c1. The number of nitrogens with zero attached hydrogens (tertiary/aromatic N) is 3. The van der Waals surface area contributed by atoms with Gasteiger partial charge in [0, 0.05) is 48.1 Å². The smallest absolute Gasteiger partial charge is 0.255 e. The summed E-state index contributed by atoms with van der Waals surface area (Å²) in [6.07, 6.45) is 3.03. The maximum absolute atomic E-state index is 12.4. The van der Waals surface area contributed by atoms with Crippen LogP contribution in [0.2, 0.25) is 0 Å². The topological polar surface area (TPSA) is 135 Å². The Labute approximate surface area is 184 Å². The predicted molar refractivity (Wildman–Crippen MR) is 124 cm³/mol. The minimum absolute atomic E-state index is 0.146. The lowest BCUT2D eigenvalue weighted by molar-refractivity contribution is -0.114. The van der Waals surface area contributed by atoms with Crippen LogP contribution in [0.15, 0.2) is 67.1 Å². The molecule has 0 spiro atoms. The van der Waals surface area contributed by atoms with Crippen molar-refractivity contribution in [1.29, 1.82) is 0 Å². The molecule has 2 amide bonds. The first-order chi connectivity index (χ1) is 15.5. The number of nitrogens with two attached hydrogens (primary N) is 1. The van der Waals surface area contributed by atoms with Crippen LogP contribution in [-0.2, 0) is 11.3 Å². The second kappa shape index (κ2) is 9.09. The zero-order valence-electron chi connectivity index (χ0n) is 17.3. The summed E-state index contributed by atoms with van der Waals surface area (Å²) in [4.78, 5) is 36.3. The highest BCUT2D eigenvalue weighted by molar-refractivity contribution is 6.04. The average Bonchev–Trinajstić information content (AvgIpc) is 2.77. The highest BCUT2D eigenvalue weighted by atomic mass is 16.2. The highest BCUT2D eigenvalue weighted by Gasteiger charge is 2.08. The van der Waals surface area contributed by atoms with Gasteiger partial charge in [-0.3, -0.25) is 9.59 Å². The van der Waals surface area contributed by atoms with Gasteiger partial charge in [-0.15, -0.1) is 0 Å². The number of aromatic nitrogens is 3. The fraction of sp³-hybridized carbons (Fsp3) is 0.0870. The molecular formula is C23H21N7O2. The van der Waals surface area contributed by atoms with Crippen molar-refractivity contribution >= 4 is 45.7 Å². The van der Waals surface area contributed by atoms with Crippen LogP contribution in [0.1, 0.15) is 22.8 Å². The molecule has 0 aliphatic rings. The standard InChI is InChI=1S/C23H21N7O2/c1-14(31)29-17-6-7-20-19(10-17)22(28-13-27-20)26-12-15-2-4-16(5-3-15)23(32)30-18-8-9-25-21(24)11-18/h2-11,13H,12H2,1H3,(H,29,31)(H,26,27,28)(H3,24,25,30,32). The third kappa shape index (κ3) is 4.96. The van der Waals surface area contributed by atoms with Crippen LogP contribution in [0.5, 0.6) is 0 Å². The normalized spacial score (nSPS) is 10.5. The van der Waals surface area contributed by atoms with Crippen LogP contribution >= 0.6 is 0 Å². The molecule has 32 heavy (non-hydrogen) atoms. The number of nitrogens with one attached hydrogen (secondary N) is 3. The molecule has 2 aromatic carbocycles. The lowest BCUT2D eigenvalue weighted by Crippen LogP contribution is -2.12. The van der Waals surface area contributed by atoms with E-state index in [2.05, 4.69) is 30.9 Å². The van der Waals surface area contributed by atoms with E-state index in [0.29, 0.717) is 35.1 Å². The number of amides is 2. The van der Waals surface area contributed by atoms with Crippen molar-refractivity contribution in [2.45, 2.75) is 13.5 Å². The highest BCUT2D eigenvalue weighted by Crippen LogP contribution is 2.23. The third-order valence-electron chi connectivity index (χ3n) is 4.67. The Morgan fingerprint density at radius 1 is 0.906 bits per heavy atom. The van der Waals surface area contributed by atoms with Gasteiger partial charge in [0.25, 0.3) is 5.91 Å². The number of hydrogen-bond donors (Lipinski definition) is 4. The van der Waals surface area contributed by atoms with Gasteiger partial charge in [-0.1, -0.05) is 12.1 Å². The fourth-order valence-electron chi connectivity index (χ4n) is 3.17. The summed E-state index contributed by atoms with van der Waals surface area (Å²) >= 11 is 0. The summed E-state index contributed by atoms with van der Waals surface area (Å²) in [7, 11) is 0. The molecular weight excluding hydrogens is 406 g/mol. The molecule has 2 heterocycles. The largest absolute Gasteiger partial charge is 0.384 e. The average molecular weight is 427 g/mol. The van der Waals surface area contributed by atoms with Gasteiger partial charge in [-0.25, -0.2) is 15.0 Å². The Morgan fingerprint density at radius 3 is 2.44 bits per heavy atom. The number of nitrogen functional groups attached to an aromatic ring is 1. The van der Waals surface area contributed by atoms with Gasteiger partial charge in [-0.05, 0) is 42.0 Å². The Hall–Kier alpha value is -4.53. The minimum atomic E-state index is -0.234. The van der Waals surface area contributed by atoms with Crippen LogP contribution < -0.4 is 21.7 Å². The van der Waals surface area contributed by atoms with Crippen LogP contribution in [0.25, 0.3) is 10.9 Å². The molecule has 9 heteroatoms. The molecule has 4 rings (SSSR count). The van der Waals surface area contributed by atoms with Crippen LogP contribution in [-0.4, -0.2) is 26.8 Å². The quantitative estimate of drug-likeness (QED) is 0.370. The molecule has 0 fully saturated rings. The molecule has 0 unspecified atom stereocenters. The molecule has 0 aliphatic heterocycles. The fourth-order valence-corrected chi connectivity index (χ4v) is 3.17. The van der Waals surface area contributed by atoms with E-state index in [1.165, 1.54) is 19.4 Å². The Balaban J connectivity index is 1.44. The second-order valence-electron chi connectivity index (χ2n) is 7.11. The summed E-state index contributed by atoms with van der Waals surface area (Å²) in [6, 6.07) is 16.0. The van der Waals surface area contributed by atoms with Crippen LogP contribution in [0.4, 0.5) is 23.0 Å². The molecule has 0 aliphatic carbocycles. The van der Waals surface area contributed by atoms with E-state index in [1.807, 2.05) is 24.3 Å². The number of pyridine rings is 1. The number of hydrogen-bond acceptors (Lipinski definition) is 7. The second-order valence-corrected chi connectivity index (χ2v) is 7.11. The van der Waals surface area contributed by atoms with E-state index in [-0.39, 0.29) is 11.8 Å². The zero-order chi connectivity index (χ0) is 22.5. The van der Waals surface area contributed by atoms with Gasteiger partial charge in [0.1, 0.15) is 18.0 Å². The lowest BCUT2D eigenvalue weighted by Gasteiger charge is -2.11. The molecule has 2 aromatic heterocycles. The lowest BCUT2D eigenvalue weighted by atomic mass is 10.1. The molecule has 4 aromatic rings. The Bertz CT molecular complexity index is 1290. The number of carbonyl (C=O) groups is 2. The van der Waals surface area contributed by atoms with Gasteiger partial charge in [0.2, 0.25) is 5.91 Å². The van der Waals surface area contributed by atoms with Gasteiger partial charge in [0.15, 0.2) is 0 Å². The summed E-state index contributed by atoms with van der Waals surface area (Å²) in [6.45, 7) is 1.96. The van der Waals surface area contributed by atoms with Gasteiger partial charge < -0.3 is 21.7 Å². The van der Waals surface area contributed by atoms with E-state index in [9.17, 15) is 9.59 Å². The van der Waals surface area contributed by atoms with E-state index in [0.717, 1.165) is 16.5 Å². The number of carbonyl (C=O) groups excluding carboxylic acids is 2. The van der Waals surface area contributed by atoms with Crippen molar-refractivity contribution < 1.29 is 9.59 Å². The monoisotopic (exact) mass is 427 g/mol. The first-order valence-electron chi connectivity index (χ1n) is 9.86. The van der Waals surface area contributed by atoms with E-state index in [1.54, 1.807) is 30.3 Å². The molecule has 0 atom stereocenters.